The Morgan fingerprint density at radius 3 is 2.67 bits per heavy atom. The van der Waals surface area contributed by atoms with Crippen LogP contribution < -0.4 is 17.2 Å². The average Bonchev–Trinajstić information content (AvgIpc) is 3.05. The van der Waals surface area contributed by atoms with Gasteiger partial charge in [-0.3, -0.25) is 9.47 Å². The third-order valence-electron chi connectivity index (χ3n) is 4.84. The maximum absolute atomic E-state index is 11.9. The zero-order valence-electron chi connectivity index (χ0n) is 14.1. The van der Waals surface area contributed by atoms with Gasteiger partial charge in [-0.05, 0) is 62.5 Å². The molecule has 0 amide bonds. The lowest BCUT2D eigenvalue weighted by Crippen LogP contribution is -2.33. The van der Waals surface area contributed by atoms with Gasteiger partial charge < -0.3 is 11.5 Å². The van der Waals surface area contributed by atoms with Crippen LogP contribution in [0.2, 0.25) is 0 Å². The second kappa shape index (κ2) is 7.15. The molecule has 128 valence electrons. The van der Waals surface area contributed by atoms with E-state index in [1.54, 1.807) is 12.3 Å². The minimum Gasteiger partial charge on any atom is -0.383 e. The van der Waals surface area contributed by atoms with E-state index in [4.69, 9.17) is 11.5 Å². The summed E-state index contributed by atoms with van der Waals surface area (Å²) in [5.74, 6) is 0.878. The van der Waals surface area contributed by atoms with Crippen LogP contribution in [0.5, 0.6) is 0 Å². The van der Waals surface area contributed by atoms with Crippen LogP contribution in [0, 0.1) is 5.92 Å². The molecule has 1 aliphatic heterocycles. The minimum atomic E-state index is -0.360. The molecule has 0 aliphatic carbocycles. The smallest absolute Gasteiger partial charge is 0.354 e. The molecule has 3 rings (SSSR count). The van der Waals surface area contributed by atoms with Crippen LogP contribution in [0.1, 0.15) is 18.9 Å². The lowest BCUT2D eigenvalue weighted by molar-refractivity contribution is 0.248. The number of nitrogens with zero attached hydrogens (tertiary/aromatic N) is 3. The molecule has 1 aromatic carbocycles. The Morgan fingerprint density at radius 2 is 2.04 bits per heavy atom. The molecule has 0 saturated carbocycles. The first kappa shape index (κ1) is 16.7. The Labute approximate surface area is 142 Å². The lowest BCUT2D eigenvalue weighted by atomic mass is 10.1. The summed E-state index contributed by atoms with van der Waals surface area (Å²) < 4.78 is 1.50. The van der Waals surface area contributed by atoms with Crippen LogP contribution in [-0.4, -0.2) is 40.1 Å². The number of aromatic nitrogens is 2. The van der Waals surface area contributed by atoms with Crippen molar-refractivity contribution in [1.82, 2.24) is 14.5 Å². The van der Waals surface area contributed by atoms with E-state index in [2.05, 4.69) is 28.9 Å². The molecule has 0 radical (unpaired) electrons. The summed E-state index contributed by atoms with van der Waals surface area (Å²) in [6.07, 6.45) is 3.85. The van der Waals surface area contributed by atoms with Gasteiger partial charge in [0.2, 0.25) is 0 Å². The Bertz CT molecular complexity index is 740. The molecule has 0 spiro atoms. The van der Waals surface area contributed by atoms with Crippen molar-refractivity contribution in [3.05, 3.63) is 52.6 Å². The summed E-state index contributed by atoms with van der Waals surface area (Å²) in [6.45, 7) is 5.28. The molecule has 1 fully saturated rings. The molecule has 6 nitrogen and oxygen atoms in total. The molecule has 6 heteroatoms. The van der Waals surface area contributed by atoms with Crippen molar-refractivity contribution in [1.29, 1.82) is 0 Å². The molecule has 1 unspecified atom stereocenters. The quantitative estimate of drug-likeness (QED) is 0.856. The number of hydrogen-bond acceptors (Lipinski definition) is 5. The average molecular weight is 327 g/mol. The van der Waals surface area contributed by atoms with Gasteiger partial charge in [0, 0.05) is 18.8 Å². The van der Waals surface area contributed by atoms with Gasteiger partial charge >= 0.3 is 5.69 Å². The van der Waals surface area contributed by atoms with Crippen molar-refractivity contribution in [3.8, 4) is 5.69 Å². The van der Waals surface area contributed by atoms with Gasteiger partial charge in [-0.1, -0.05) is 12.1 Å². The monoisotopic (exact) mass is 327 g/mol. The first-order valence-corrected chi connectivity index (χ1v) is 8.45. The third kappa shape index (κ3) is 3.66. The molecule has 0 bridgehead atoms. The van der Waals surface area contributed by atoms with Crippen LogP contribution in [0.4, 0.5) is 5.82 Å². The molecule has 4 N–H and O–H groups in total. The van der Waals surface area contributed by atoms with E-state index in [9.17, 15) is 4.79 Å². The molecule has 1 aromatic heterocycles. The van der Waals surface area contributed by atoms with Crippen LogP contribution in [-0.2, 0) is 6.42 Å². The molecule has 24 heavy (non-hydrogen) atoms. The van der Waals surface area contributed by atoms with Crippen molar-refractivity contribution < 1.29 is 0 Å². The second-order valence-electron chi connectivity index (χ2n) is 6.61. The van der Waals surface area contributed by atoms with E-state index >= 15 is 0 Å². The molecular weight excluding hydrogens is 302 g/mol. The van der Waals surface area contributed by atoms with E-state index in [-0.39, 0.29) is 11.5 Å². The van der Waals surface area contributed by atoms with Gasteiger partial charge in [0.25, 0.3) is 0 Å². The Morgan fingerprint density at radius 1 is 1.29 bits per heavy atom. The van der Waals surface area contributed by atoms with E-state index in [0.717, 1.165) is 31.7 Å². The van der Waals surface area contributed by atoms with E-state index in [0.29, 0.717) is 12.0 Å². The summed E-state index contributed by atoms with van der Waals surface area (Å²) in [4.78, 5) is 18.2. The summed E-state index contributed by atoms with van der Waals surface area (Å²) in [7, 11) is 0. The highest BCUT2D eigenvalue weighted by atomic mass is 16.1. The fourth-order valence-electron chi connectivity index (χ4n) is 3.33. The maximum atomic E-state index is 11.9. The maximum Gasteiger partial charge on any atom is 0.354 e. The van der Waals surface area contributed by atoms with Gasteiger partial charge in [-0.15, -0.1) is 0 Å². The van der Waals surface area contributed by atoms with Crippen molar-refractivity contribution in [2.24, 2.45) is 11.7 Å². The zero-order valence-corrected chi connectivity index (χ0v) is 14.1. The molecule has 2 atom stereocenters. The van der Waals surface area contributed by atoms with E-state index in [1.807, 2.05) is 12.1 Å². The van der Waals surface area contributed by atoms with Crippen molar-refractivity contribution in [2.45, 2.75) is 25.8 Å². The summed E-state index contributed by atoms with van der Waals surface area (Å²) in [5.41, 5.74) is 13.0. The minimum absolute atomic E-state index is 0.239. The highest BCUT2D eigenvalue weighted by molar-refractivity contribution is 5.36. The number of likely N-dealkylation sites (tertiary alicyclic amines) is 1. The SMILES string of the molecule is CC(Cc1ccc(-n2ccc(N)nc2=O)cc1)N1CC[C@H](CN)C1. The fraction of sp³-hybridized carbons (Fsp3) is 0.444. The summed E-state index contributed by atoms with van der Waals surface area (Å²) in [5, 5.41) is 0. The number of anilines is 1. The van der Waals surface area contributed by atoms with Gasteiger partial charge in [-0.25, -0.2) is 4.79 Å². The van der Waals surface area contributed by atoms with Crippen molar-refractivity contribution in [3.63, 3.8) is 0 Å². The van der Waals surface area contributed by atoms with Gasteiger partial charge in [0.05, 0.1) is 5.69 Å². The number of nitrogen functional groups attached to an aromatic ring is 1. The largest absolute Gasteiger partial charge is 0.383 e. The molecule has 1 saturated heterocycles. The van der Waals surface area contributed by atoms with E-state index < -0.39 is 0 Å². The predicted molar refractivity (Wildman–Crippen MR) is 96.1 cm³/mol. The van der Waals surface area contributed by atoms with Crippen LogP contribution >= 0.6 is 0 Å². The normalized spacial score (nSPS) is 19.5. The second-order valence-corrected chi connectivity index (χ2v) is 6.61. The zero-order chi connectivity index (χ0) is 17.1. The van der Waals surface area contributed by atoms with Crippen LogP contribution in [0.3, 0.4) is 0 Å². The highest BCUT2D eigenvalue weighted by Crippen LogP contribution is 2.20. The summed E-state index contributed by atoms with van der Waals surface area (Å²) in [6, 6.07) is 10.2. The van der Waals surface area contributed by atoms with Gasteiger partial charge in [0.15, 0.2) is 0 Å². The first-order valence-electron chi connectivity index (χ1n) is 8.45. The predicted octanol–water partition coefficient (Wildman–Crippen LogP) is 1.03. The molecule has 1 aliphatic rings. The Balaban J connectivity index is 1.67. The number of nitrogens with two attached hydrogens (primary N) is 2. The topological polar surface area (TPSA) is 90.2 Å². The number of rotatable bonds is 5. The Kier molecular flexibility index (Phi) is 4.97. The standard InChI is InChI=1S/C18H25N5O/c1-13(22-8-6-15(11-19)12-22)10-14-2-4-16(5-3-14)23-9-7-17(20)21-18(23)24/h2-5,7,9,13,15H,6,8,10-12,19H2,1H3,(H2,20,21,24)/t13?,15-/m1/s1. The lowest BCUT2D eigenvalue weighted by Gasteiger charge is -2.24. The number of benzene rings is 1. The van der Waals surface area contributed by atoms with Crippen LogP contribution in [0.15, 0.2) is 41.3 Å². The summed E-state index contributed by atoms with van der Waals surface area (Å²) >= 11 is 0. The van der Waals surface area contributed by atoms with Gasteiger partial charge in [0.1, 0.15) is 5.82 Å². The van der Waals surface area contributed by atoms with Crippen molar-refractivity contribution >= 4 is 5.82 Å². The molecule has 2 heterocycles. The van der Waals surface area contributed by atoms with Crippen molar-refractivity contribution in [2.75, 3.05) is 25.4 Å². The first-order chi connectivity index (χ1) is 11.6. The highest BCUT2D eigenvalue weighted by Gasteiger charge is 2.24. The van der Waals surface area contributed by atoms with E-state index in [1.165, 1.54) is 16.6 Å². The van der Waals surface area contributed by atoms with Gasteiger partial charge in [-0.2, -0.15) is 4.98 Å². The van der Waals surface area contributed by atoms with Crippen LogP contribution in [0.25, 0.3) is 5.69 Å². The molecular formula is C18H25N5O. The fourth-order valence-corrected chi connectivity index (χ4v) is 3.33. The molecule has 2 aromatic rings. The number of hydrogen-bond donors (Lipinski definition) is 2. The Hall–Kier alpha value is -2.18. The third-order valence-corrected chi connectivity index (χ3v) is 4.84.